The molecule has 0 unspecified atom stereocenters. The molecule has 0 radical (unpaired) electrons. The maximum atomic E-state index is 11.2. The molecular weight excluding hydrogens is 278 g/mol. The first-order valence-corrected chi connectivity index (χ1v) is 8.13. The number of rotatable bonds is 1. The van der Waals surface area contributed by atoms with Gasteiger partial charge in [-0.3, -0.25) is 4.79 Å². The Morgan fingerprint density at radius 3 is 2.73 bits per heavy atom. The van der Waals surface area contributed by atoms with Crippen molar-refractivity contribution in [3.05, 3.63) is 29.3 Å². The van der Waals surface area contributed by atoms with Crippen LogP contribution in [0.5, 0.6) is 5.75 Å². The SMILES string of the molecule is O=C1CCC(c2ccc3c(c2)CCC2(CCNCC2)O3)=NN1. The second-order valence-corrected chi connectivity index (χ2v) is 6.45. The summed E-state index contributed by atoms with van der Waals surface area (Å²) in [5, 5.41) is 7.59. The summed E-state index contributed by atoms with van der Waals surface area (Å²) in [5.41, 5.74) is 5.93. The van der Waals surface area contributed by atoms with Crippen LogP contribution in [0.2, 0.25) is 0 Å². The molecule has 1 amide bonds. The number of nitrogens with one attached hydrogen (secondary N) is 2. The van der Waals surface area contributed by atoms with Crippen LogP contribution in [-0.2, 0) is 11.2 Å². The highest BCUT2D eigenvalue weighted by molar-refractivity contribution is 6.04. The second-order valence-electron chi connectivity index (χ2n) is 6.45. The zero-order valence-electron chi connectivity index (χ0n) is 12.7. The fourth-order valence-corrected chi connectivity index (χ4v) is 3.62. The smallest absolute Gasteiger partial charge is 0.240 e. The molecule has 22 heavy (non-hydrogen) atoms. The van der Waals surface area contributed by atoms with Crippen LogP contribution in [0.3, 0.4) is 0 Å². The first-order valence-electron chi connectivity index (χ1n) is 8.13. The van der Waals surface area contributed by atoms with E-state index in [1.807, 2.05) is 0 Å². The lowest BCUT2D eigenvalue weighted by atomic mass is 9.83. The van der Waals surface area contributed by atoms with E-state index in [4.69, 9.17) is 4.74 Å². The minimum atomic E-state index is -0.00195. The Balaban J connectivity index is 1.57. The summed E-state index contributed by atoms with van der Waals surface area (Å²) in [7, 11) is 0. The summed E-state index contributed by atoms with van der Waals surface area (Å²) in [4.78, 5) is 11.2. The van der Waals surface area contributed by atoms with Crippen molar-refractivity contribution in [1.29, 1.82) is 0 Å². The maximum absolute atomic E-state index is 11.2. The Kier molecular flexibility index (Phi) is 3.37. The van der Waals surface area contributed by atoms with Gasteiger partial charge in [-0.25, -0.2) is 5.43 Å². The van der Waals surface area contributed by atoms with E-state index in [9.17, 15) is 4.79 Å². The zero-order valence-corrected chi connectivity index (χ0v) is 12.7. The van der Waals surface area contributed by atoms with Gasteiger partial charge in [0.15, 0.2) is 0 Å². The molecule has 3 aliphatic rings. The van der Waals surface area contributed by atoms with E-state index in [2.05, 4.69) is 34.0 Å². The van der Waals surface area contributed by atoms with Gasteiger partial charge in [0.05, 0.1) is 5.71 Å². The lowest BCUT2D eigenvalue weighted by Gasteiger charge is -2.41. The highest BCUT2D eigenvalue weighted by atomic mass is 16.5. The van der Waals surface area contributed by atoms with Gasteiger partial charge < -0.3 is 10.1 Å². The van der Waals surface area contributed by atoms with Crippen molar-refractivity contribution in [3.63, 3.8) is 0 Å². The van der Waals surface area contributed by atoms with Crippen molar-refractivity contribution in [2.45, 2.75) is 44.1 Å². The fraction of sp³-hybridized carbons (Fsp3) is 0.529. The molecule has 4 rings (SSSR count). The number of carbonyl (C=O) groups excluding carboxylic acids is 1. The number of hydrogen-bond acceptors (Lipinski definition) is 4. The molecule has 3 heterocycles. The van der Waals surface area contributed by atoms with Crippen molar-refractivity contribution in [2.24, 2.45) is 5.10 Å². The summed E-state index contributed by atoms with van der Waals surface area (Å²) in [5.74, 6) is 1.02. The molecule has 0 bridgehead atoms. The van der Waals surface area contributed by atoms with Crippen LogP contribution in [0, 0.1) is 0 Å². The normalized spacial score (nSPS) is 23.3. The lowest BCUT2D eigenvalue weighted by Crippen LogP contribution is -2.48. The van der Waals surface area contributed by atoms with Gasteiger partial charge in [-0.15, -0.1) is 0 Å². The number of carbonyl (C=O) groups is 1. The minimum absolute atomic E-state index is 0.00195. The van der Waals surface area contributed by atoms with E-state index >= 15 is 0 Å². The van der Waals surface area contributed by atoms with E-state index in [0.29, 0.717) is 12.8 Å². The Morgan fingerprint density at radius 2 is 1.95 bits per heavy atom. The average molecular weight is 299 g/mol. The van der Waals surface area contributed by atoms with E-state index in [-0.39, 0.29) is 11.5 Å². The predicted molar refractivity (Wildman–Crippen MR) is 84.1 cm³/mol. The first kappa shape index (κ1) is 13.8. The summed E-state index contributed by atoms with van der Waals surface area (Å²) >= 11 is 0. The van der Waals surface area contributed by atoms with Gasteiger partial charge in [-0.1, -0.05) is 0 Å². The van der Waals surface area contributed by atoms with Crippen molar-refractivity contribution in [1.82, 2.24) is 10.7 Å². The molecule has 1 aromatic rings. The van der Waals surface area contributed by atoms with Crippen molar-refractivity contribution < 1.29 is 9.53 Å². The molecule has 1 aromatic carbocycles. The average Bonchev–Trinajstić information content (AvgIpc) is 2.56. The van der Waals surface area contributed by atoms with Gasteiger partial charge in [0.1, 0.15) is 11.4 Å². The number of aryl methyl sites for hydroxylation is 1. The third-order valence-electron chi connectivity index (χ3n) is 4.99. The summed E-state index contributed by atoms with van der Waals surface area (Å²) in [6.45, 7) is 2.09. The molecule has 0 saturated carbocycles. The van der Waals surface area contributed by atoms with Crippen LogP contribution < -0.4 is 15.5 Å². The van der Waals surface area contributed by atoms with Gasteiger partial charge in [0.25, 0.3) is 0 Å². The Bertz CT molecular complexity index is 633. The Labute approximate surface area is 130 Å². The first-order chi connectivity index (χ1) is 10.7. The molecule has 1 saturated heterocycles. The number of fused-ring (bicyclic) bond motifs is 1. The molecule has 3 aliphatic heterocycles. The minimum Gasteiger partial charge on any atom is -0.487 e. The van der Waals surface area contributed by atoms with Crippen LogP contribution in [0.15, 0.2) is 23.3 Å². The number of hydrazone groups is 1. The zero-order chi connectivity index (χ0) is 15.0. The van der Waals surface area contributed by atoms with Crippen LogP contribution in [0.4, 0.5) is 0 Å². The number of nitrogens with zero attached hydrogens (tertiary/aromatic N) is 1. The molecule has 0 aliphatic carbocycles. The lowest BCUT2D eigenvalue weighted by molar-refractivity contribution is -0.121. The number of ether oxygens (including phenoxy) is 1. The topological polar surface area (TPSA) is 62.7 Å². The maximum Gasteiger partial charge on any atom is 0.240 e. The summed E-state index contributed by atoms with van der Waals surface area (Å²) in [6, 6.07) is 6.32. The summed E-state index contributed by atoms with van der Waals surface area (Å²) in [6.07, 6.45) is 5.56. The van der Waals surface area contributed by atoms with Crippen LogP contribution >= 0.6 is 0 Å². The van der Waals surface area contributed by atoms with Crippen LogP contribution in [0.1, 0.15) is 43.2 Å². The van der Waals surface area contributed by atoms with Crippen molar-refractivity contribution in [3.8, 4) is 5.75 Å². The van der Waals surface area contributed by atoms with Crippen molar-refractivity contribution in [2.75, 3.05) is 13.1 Å². The number of amides is 1. The largest absolute Gasteiger partial charge is 0.487 e. The number of benzene rings is 1. The molecule has 5 nitrogen and oxygen atoms in total. The monoisotopic (exact) mass is 299 g/mol. The van der Waals surface area contributed by atoms with E-state index in [1.165, 1.54) is 5.56 Å². The molecule has 1 fully saturated rings. The number of piperidine rings is 1. The van der Waals surface area contributed by atoms with Crippen LogP contribution in [0.25, 0.3) is 0 Å². The number of hydrogen-bond donors (Lipinski definition) is 2. The molecule has 1 spiro atoms. The Hall–Kier alpha value is -1.88. The van der Waals surface area contributed by atoms with Gasteiger partial charge in [0, 0.05) is 12.8 Å². The van der Waals surface area contributed by atoms with Crippen molar-refractivity contribution >= 4 is 11.6 Å². The van der Waals surface area contributed by atoms with Gasteiger partial charge >= 0.3 is 0 Å². The van der Waals surface area contributed by atoms with E-state index < -0.39 is 0 Å². The van der Waals surface area contributed by atoms with Gasteiger partial charge in [0.2, 0.25) is 5.91 Å². The van der Waals surface area contributed by atoms with Gasteiger partial charge in [-0.05, 0) is 68.1 Å². The fourth-order valence-electron chi connectivity index (χ4n) is 3.62. The summed E-state index contributed by atoms with van der Waals surface area (Å²) < 4.78 is 6.37. The van der Waals surface area contributed by atoms with E-state index in [0.717, 1.165) is 55.8 Å². The van der Waals surface area contributed by atoms with Gasteiger partial charge in [-0.2, -0.15) is 5.10 Å². The predicted octanol–water partition coefficient (Wildman–Crippen LogP) is 1.75. The standard InChI is InChI=1S/C17H21N3O2/c21-16-4-2-14(19-20-16)12-1-3-15-13(11-12)5-6-17(22-15)7-9-18-10-8-17/h1,3,11,18H,2,4-10H2,(H,20,21). The third kappa shape index (κ3) is 2.50. The Morgan fingerprint density at radius 1 is 1.09 bits per heavy atom. The molecule has 116 valence electrons. The quantitative estimate of drug-likeness (QED) is 0.830. The highest BCUT2D eigenvalue weighted by Gasteiger charge is 2.37. The molecule has 2 N–H and O–H groups in total. The highest BCUT2D eigenvalue weighted by Crippen LogP contribution is 2.38. The molecule has 5 heteroatoms. The van der Waals surface area contributed by atoms with Crippen LogP contribution in [-0.4, -0.2) is 30.3 Å². The molecule has 0 aromatic heterocycles. The molecular formula is C17H21N3O2. The van der Waals surface area contributed by atoms with E-state index in [1.54, 1.807) is 0 Å². The molecule has 0 atom stereocenters. The third-order valence-corrected chi connectivity index (χ3v) is 4.99. The second kappa shape index (κ2) is 5.39.